The quantitative estimate of drug-likeness (QED) is 0.175. The molecule has 9 aromatic carbocycles. The lowest BCUT2D eigenvalue weighted by atomic mass is 9.87. The van der Waals surface area contributed by atoms with E-state index in [-0.39, 0.29) is 0 Å². The molecule has 0 aliphatic carbocycles. The summed E-state index contributed by atoms with van der Waals surface area (Å²) in [6.07, 6.45) is 0. The minimum Gasteiger partial charge on any atom is -0.456 e. The predicted octanol–water partition coefficient (Wildman–Crippen LogP) is 13.8. The van der Waals surface area contributed by atoms with Crippen LogP contribution in [-0.2, 0) is 0 Å². The van der Waals surface area contributed by atoms with Crippen molar-refractivity contribution < 1.29 is 4.42 Å². The molecule has 0 N–H and O–H groups in total. The van der Waals surface area contributed by atoms with Gasteiger partial charge in [0.1, 0.15) is 11.2 Å². The summed E-state index contributed by atoms with van der Waals surface area (Å²) in [6.45, 7) is 0. The second-order valence-corrected chi connectivity index (χ2v) is 12.9. The lowest BCUT2D eigenvalue weighted by molar-refractivity contribution is 0.669. The first-order chi connectivity index (χ1) is 24.8. The molecule has 10 rings (SSSR count). The normalized spacial score (nSPS) is 11.6. The number of hydrogen-bond donors (Lipinski definition) is 0. The maximum absolute atomic E-state index is 6.27. The van der Waals surface area contributed by atoms with E-state index in [4.69, 9.17) is 4.42 Å². The Morgan fingerprint density at radius 2 is 0.960 bits per heavy atom. The highest BCUT2D eigenvalue weighted by atomic mass is 16.3. The molecule has 50 heavy (non-hydrogen) atoms. The zero-order valence-electron chi connectivity index (χ0n) is 27.3. The van der Waals surface area contributed by atoms with Crippen LogP contribution in [0.3, 0.4) is 0 Å². The molecule has 0 atom stereocenters. The number of rotatable bonds is 5. The van der Waals surface area contributed by atoms with Gasteiger partial charge in [0.25, 0.3) is 0 Å². The maximum Gasteiger partial charge on any atom is 0.135 e. The highest BCUT2D eigenvalue weighted by molar-refractivity contribution is 6.17. The van der Waals surface area contributed by atoms with E-state index < -0.39 is 0 Å². The summed E-state index contributed by atoms with van der Waals surface area (Å²) in [6, 6.07) is 67.7. The van der Waals surface area contributed by atoms with Crippen molar-refractivity contribution in [2.75, 3.05) is 4.90 Å². The molecule has 2 nitrogen and oxygen atoms in total. The van der Waals surface area contributed by atoms with Crippen LogP contribution in [0.2, 0.25) is 0 Å². The maximum atomic E-state index is 6.27. The number of fused-ring (bicyclic) bond motifs is 7. The zero-order valence-corrected chi connectivity index (χ0v) is 27.3. The molecule has 0 radical (unpaired) electrons. The average molecular weight is 638 g/mol. The number of para-hydroxylation sites is 2. The molecule has 0 aliphatic heterocycles. The number of nitrogens with zero attached hydrogens (tertiary/aromatic N) is 1. The molecule has 0 saturated carbocycles. The number of hydrogen-bond acceptors (Lipinski definition) is 2. The summed E-state index contributed by atoms with van der Waals surface area (Å²) in [5.41, 5.74) is 9.83. The summed E-state index contributed by atoms with van der Waals surface area (Å²) in [4.78, 5) is 2.44. The molecule has 0 bridgehead atoms. The van der Waals surface area contributed by atoms with Gasteiger partial charge in [0.05, 0.1) is 11.4 Å². The van der Waals surface area contributed by atoms with E-state index in [0.29, 0.717) is 0 Å². The van der Waals surface area contributed by atoms with Crippen LogP contribution >= 0.6 is 0 Å². The van der Waals surface area contributed by atoms with Crippen LogP contribution < -0.4 is 4.90 Å². The fourth-order valence-corrected chi connectivity index (χ4v) is 7.79. The standard InChI is InChI=1S/C48H31NO/c1-2-17-35(18-3-1)49(44-25-12-16-32-14-4-7-20-37(32)44)45-26-13-24-38(34-28-29-47-42(30-34)41-23-10-11-27-46(41)50-47)48(45)43-31-33-15-5-6-19-36(33)39-21-8-9-22-40(39)43/h1-31H. The molecular formula is C48H31NO. The Kier molecular flexibility index (Phi) is 6.53. The minimum absolute atomic E-state index is 0.894. The fraction of sp³-hybridized carbons (Fsp3) is 0. The Labute approximate surface area is 290 Å². The molecule has 0 aliphatic rings. The molecule has 0 unspecified atom stereocenters. The Hall–Kier alpha value is -6.64. The van der Waals surface area contributed by atoms with Gasteiger partial charge in [0.15, 0.2) is 0 Å². The van der Waals surface area contributed by atoms with Gasteiger partial charge >= 0.3 is 0 Å². The predicted molar refractivity (Wildman–Crippen MR) is 212 cm³/mol. The van der Waals surface area contributed by atoms with Gasteiger partial charge in [-0.25, -0.2) is 0 Å². The largest absolute Gasteiger partial charge is 0.456 e. The van der Waals surface area contributed by atoms with E-state index in [1.807, 2.05) is 12.1 Å². The van der Waals surface area contributed by atoms with Gasteiger partial charge < -0.3 is 9.32 Å². The van der Waals surface area contributed by atoms with Crippen molar-refractivity contribution in [2.45, 2.75) is 0 Å². The summed E-state index contributed by atoms with van der Waals surface area (Å²) in [5, 5.41) is 9.59. The van der Waals surface area contributed by atoms with Crippen LogP contribution in [0.5, 0.6) is 0 Å². The molecule has 10 aromatic rings. The highest BCUT2D eigenvalue weighted by Gasteiger charge is 2.24. The van der Waals surface area contributed by atoms with Crippen LogP contribution in [0, 0.1) is 0 Å². The van der Waals surface area contributed by atoms with Gasteiger partial charge in [0.2, 0.25) is 0 Å². The van der Waals surface area contributed by atoms with E-state index >= 15 is 0 Å². The number of anilines is 3. The van der Waals surface area contributed by atoms with E-state index in [2.05, 4.69) is 181 Å². The van der Waals surface area contributed by atoms with Crippen molar-refractivity contribution in [3.05, 3.63) is 188 Å². The van der Waals surface area contributed by atoms with Gasteiger partial charge in [-0.1, -0.05) is 140 Å². The summed E-state index contributed by atoms with van der Waals surface area (Å²) >= 11 is 0. The number of furan rings is 1. The van der Waals surface area contributed by atoms with Gasteiger partial charge in [-0.2, -0.15) is 0 Å². The molecule has 0 amide bonds. The van der Waals surface area contributed by atoms with Gasteiger partial charge in [0, 0.05) is 27.4 Å². The third kappa shape index (κ3) is 4.50. The molecule has 1 heterocycles. The minimum atomic E-state index is 0.894. The summed E-state index contributed by atoms with van der Waals surface area (Å²) in [5.74, 6) is 0. The average Bonchev–Trinajstić information content (AvgIpc) is 3.56. The van der Waals surface area contributed by atoms with Crippen molar-refractivity contribution in [3.8, 4) is 22.3 Å². The van der Waals surface area contributed by atoms with Crippen LogP contribution in [-0.4, -0.2) is 0 Å². The monoisotopic (exact) mass is 637 g/mol. The van der Waals surface area contributed by atoms with E-state index in [1.165, 1.54) is 43.4 Å². The Morgan fingerprint density at radius 3 is 1.82 bits per heavy atom. The van der Waals surface area contributed by atoms with Gasteiger partial charge in [-0.15, -0.1) is 0 Å². The van der Waals surface area contributed by atoms with Crippen LogP contribution in [0.4, 0.5) is 17.1 Å². The Balaban J connectivity index is 1.35. The SMILES string of the molecule is c1ccc(N(c2cccc(-c3ccc4oc5ccccc5c4c3)c2-c2cc3ccccc3c3ccccc23)c2cccc3ccccc23)cc1. The second-order valence-electron chi connectivity index (χ2n) is 12.9. The third-order valence-electron chi connectivity index (χ3n) is 10.0. The summed E-state index contributed by atoms with van der Waals surface area (Å²) in [7, 11) is 0. The second kappa shape index (κ2) is 11.5. The Bertz CT molecular complexity index is 2880. The van der Waals surface area contributed by atoms with Crippen molar-refractivity contribution in [1.82, 2.24) is 0 Å². The molecule has 0 spiro atoms. The highest BCUT2D eigenvalue weighted by Crippen LogP contribution is 2.49. The van der Waals surface area contributed by atoms with E-state index in [1.54, 1.807) is 0 Å². The smallest absolute Gasteiger partial charge is 0.135 e. The van der Waals surface area contributed by atoms with E-state index in [9.17, 15) is 0 Å². The van der Waals surface area contributed by atoms with Crippen LogP contribution in [0.15, 0.2) is 192 Å². The van der Waals surface area contributed by atoms with Gasteiger partial charge in [-0.05, 0) is 92.2 Å². The van der Waals surface area contributed by atoms with E-state index in [0.717, 1.165) is 50.1 Å². The molecule has 1 aromatic heterocycles. The fourth-order valence-electron chi connectivity index (χ4n) is 7.79. The molecule has 0 fully saturated rings. The topological polar surface area (TPSA) is 16.4 Å². The lowest BCUT2D eigenvalue weighted by Gasteiger charge is -2.30. The van der Waals surface area contributed by atoms with Gasteiger partial charge in [-0.3, -0.25) is 0 Å². The first-order valence-electron chi connectivity index (χ1n) is 17.1. The van der Waals surface area contributed by atoms with Crippen molar-refractivity contribution in [3.63, 3.8) is 0 Å². The third-order valence-corrected chi connectivity index (χ3v) is 10.0. The molecule has 234 valence electrons. The van der Waals surface area contributed by atoms with Crippen LogP contribution in [0.25, 0.3) is 76.5 Å². The first kappa shape index (κ1) is 28.4. The first-order valence-corrected chi connectivity index (χ1v) is 17.1. The summed E-state index contributed by atoms with van der Waals surface area (Å²) < 4.78 is 6.27. The van der Waals surface area contributed by atoms with Crippen molar-refractivity contribution in [1.29, 1.82) is 0 Å². The Morgan fingerprint density at radius 1 is 0.340 bits per heavy atom. The van der Waals surface area contributed by atoms with Crippen molar-refractivity contribution in [2.24, 2.45) is 0 Å². The molecule has 0 saturated heterocycles. The molecule has 2 heteroatoms. The van der Waals surface area contributed by atoms with Crippen LogP contribution in [0.1, 0.15) is 0 Å². The zero-order chi connectivity index (χ0) is 33.0. The lowest BCUT2D eigenvalue weighted by Crippen LogP contribution is -2.12. The van der Waals surface area contributed by atoms with Crippen molar-refractivity contribution >= 4 is 71.3 Å². The molecular weight excluding hydrogens is 607 g/mol. The number of benzene rings is 9.